The normalized spacial score (nSPS) is 11.1. The van der Waals surface area contributed by atoms with Crippen LogP contribution in [-0.4, -0.2) is 22.6 Å². The van der Waals surface area contributed by atoms with Crippen LogP contribution in [0.2, 0.25) is 0 Å². The Balaban J connectivity index is 2.45. The maximum Gasteiger partial charge on any atom is 0.371 e. The highest BCUT2D eigenvalue weighted by atomic mass is 16.4. The summed E-state index contributed by atoms with van der Waals surface area (Å²) in [4.78, 5) is 22.1. The summed E-state index contributed by atoms with van der Waals surface area (Å²) >= 11 is 0. The van der Waals surface area contributed by atoms with Gasteiger partial charge in [0.15, 0.2) is 0 Å². The molecule has 1 rings (SSSR count). The second-order valence-corrected chi connectivity index (χ2v) is 4.62. The molecule has 0 radical (unpaired) electrons. The summed E-state index contributed by atoms with van der Waals surface area (Å²) in [7, 11) is 0. The average Bonchev–Trinajstić information content (AvgIpc) is 2.74. The minimum absolute atomic E-state index is 0.138. The Hall–Kier alpha value is -1.98. The van der Waals surface area contributed by atoms with E-state index in [-0.39, 0.29) is 23.9 Å². The molecule has 0 unspecified atom stereocenters. The first-order chi connectivity index (χ1) is 8.34. The fraction of sp³-hybridized carbons (Fsp3) is 0.500. The van der Waals surface area contributed by atoms with Gasteiger partial charge in [0, 0.05) is 5.54 Å². The van der Waals surface area contributed by atoms with E-state index >= 15 is 0 Å². The lowest BCUT2D eigenvalue weighted by atomic mass is 10.0. The van der Waals surface area contributed by atoms with Crippen LogP contribution in [-0.2, 0) is 6.54 Å². The number of amides is 2. The second-order valence-electron chi connectivity index (χ2n) is 4.62. The molecule has 0 atom stereocenters. The van der Waals surface area contributed by atoms with E-state index in [0.717, 1.165) is 6.42 Å². The van der Waals surface area contributed by atoms with Crippen LogP contribution in [0.4, 0.5) is 4.79 Å². The predicted octanol–water partition coefficient (Wildman–Crippen LogP) is 1.97. The lowest BCUT2D eigenvalue weighted by Gasteiger charge is -2.24. The number of carboxylic acids is 1. The van der Waals surface area contributed by atoms with E-state index in [1.165, 1.54) is 12.1 Å². The van der Waals surface area contributed by atoms with Crippen LogP contribution in [0, 0.1) is 0 Å². The zero-order valence-corrected chi connectivity index (χ0v) is 10.7. The van der Waals surface area contributed by atoms with Crippen LogP contribution in [0.25, 0.3) is 0 Å². The Morgan fingerprint density at radius 1 is 1.39 bits per heavy atom. The average molecular weight is 254 g/mol. The topological polar surface area (TPSA) is 91.6 Å². The summed E-state index contributed by atoms with van der Waals surface area (Å²) in [6.45, 7) is 5.97. The summed E-state index contributed by atoms with van der Waals surface area (Å²) in [5, 5.41) is 14.1. The summed E-state index contributed by atoms with van der Waals surface area (Å²) in [5.74, 6) is -0.865. The Bertz CT molecular complexity index is 437. The fourth-order valence-corrected chi connectivity index (χ4v) is 1.20. The van der Waals surface area contributed by atoms with E-state index in [1.807, 2.05) is 20.8 Å². The van der Waals surface area contributed by atoms with Crippen molar-refractivity contribution in [2.45, 2.75) is 39.3 Å². The number of carbonyl (C=O) groups is 2. The number of nitrogens with one attached hydrogen (secondary N) is 2. The van der Waals surface area contributed by atoms with Gasteiger partial charge in [0.05, 0.1) is 6.54 Å². The molecule has 1 heterocycles. The van der Waals surface area contributed by atoms with Crippen molar-refractivity contribution in [3.63, 3.8) is 0 Å². The molecule has 18 heavy (non-hydrogen) atoms. The molecule has 0 aliphatic heterocycles. The molecule has 0 aliphatic carbocycles. The van der Waals surface area contributed by atoms with Crippen LogP contribution in [0.5, 0.6) is 0 Å². The smallest absolute Gasteiger partial charge is 0.371 e. The van der Waals surface area contributed by atoms with Crippen molar-refractivity contribution in [1.82, 2.24) is 10.6 Å². The second kappa shape index (κ2) is 5.57. The van der Waals surface area contributed by atoms with Gasteiger partial charge in [-0.1, -0.05) is 6.92 Å². The summed E-state index contributed by atoms with van der Waals surface area (Å²) in [6.07, 6.45) is 0.810. The van der Waals surface area contributed by atoms with Crippen molar-refractivity contribution in [3.05, 3.63) is 23.7 Å². The molecular weight excluding hydrogens is 236 g/mol. The minimum atomic E-state index is -1.13. The molecule has 100 valence electrons. The number of furan rings is 1. The van der Waals surface area contributed by atoms with Crippen molar-refractivity contribution < 1.29 is 19.1 Å². The van der Waals surface area contributed by atoms with Crippen LogP contribution >= 0.6 is 0 Å². The largest absolute Gasteiger partial charge is 0.475 e. The van der Waals surface area contributed by atoms with Gasteiger partial charge in [0.2, 0.25) is 5.76 Å². The van der Waals surface area contributed by atoms with E-state index in [4.69, 9.17) is 9.52 Å². The molecule has 1 aromatic rings. The van der Waals surface area contributed by atoms with Crippen LogP contribution in [0.3, 0.4) is 0 Å². The molecular formula is C12H18N2O4. The van der Waals surface area contributed by atoms with Gasteiger partial charge < -0.3 is 20.2 Å². The van der Waals surface area contributed by atoms with E-state index in [0.29, 0.717) is 5.76 Å². The van der Waals surface area contributed by atoms with Gasteiger partial charge >= 0.3 is 12.0 Å². The maximum atomic E-state index is 11.6. The number of hydrogen-bond acceptors (Lipinski definition) is 3. The zero-order chi connectivity index (χ0) is 13.8. The number of carboxylic acid groups (broad SMARTS) is 1. The van der Waals surface area contributed by atoms with Crippen LogP contribution in [0.1, 0.15) is 43.5 Å². The quantitative estimate of drug-likeness (QED) is 0.749. The number of hydrogen-bond donors (Lipinski definition) is 3. The zero-order valence-electron chi connectivity index (χ0n) is 10.7. The van der Waals surface area contributed by atoms with E-state index in [2.05, 4.69) is 10.6 Å². The van der Waals surface area contributed by atoms with Gasteiger partial charge in [-0.3, -0.25) is 0 Å². The molecule has 0 bridgehead atoms. The Morgan fingerprint density at radius 2 is 2.06 bits per heavy atom. The van der Waals surface area contributed by atoms with Crippen LogP contribution < -0.4 is 10.6 Å². The molecule has 0 aromatic carbocycles. The summed E-state index contributed by atoms with van der Waals surface area (Å²) in [6, 6.07) is 2.57. The third-order valence-electron chi connectivity index (χ3n) is 2.63. The highest BCUT2D eigenvalue weighted by Crippen LogP contribution is 2.08. The standard InChI is InChI=1S/C12H18N2O4/c1-4-12(2,3)14-11(17)13-7-8-5-6-9(18-8)10(15)16/h5-6H,4,7H2,1-3H3,(H,15,16)(H2,13,14,17). The molecule has 0 fully saturated rings. The third-order valence-corrected chi connectivity index (χ3v) is 2.63. The van der Waals surface area contributed by atoms with Gasteiger partial charge in [-0.25, -0.2) is 9.59 Å². The van der Waals surface area contributed by atoms with Crippen molar-refractivity contribution in [2.24, 2.45) is 0 Å². The highest BCUT2D eigenvalue weighted by molar-refractivity contribution is 5.84. The van der Waals surface area contributed by atoms with Crippen LogP contribution in [0.15, 0.2) is 16.5 Å². The van der Waals surface area contributed by atoms with Gasteiger partial charge in [-0.05, 0) is 32.4 Å². The van der Waals surface area contributed by atoms with E-state index in [1.54, 1.807) is 0 Å². The lowest BCUT2D eigenvalue weighted by Crippen LogP contribution is -2.47. The summed E-state index contributed by atoms with van der Waals surface area (Å²) in [5.41, 5.74) is -0.278. The Morgan fingerprint density at radius 3 is 2.56 bits per heavy atom. The number of urea groups is 1. The molecule has 0 saturated carbocycles. The van der Waals surface area contributed by atoms with E-state index in [9.17, 15) is 9.59 Å². The minimum Gasteiger partial charge on any atom is -0.475 e. The fourth-order valence-electron chi connectivity index (χ4n) is 1.20. The monoisotopic (exact) mass is 254 g/mol. The Labute approximate surface area is 105 Å². The molecule has 6 nitrogen and oxygen atoms in total. The summed E-state index contributed by atoms with van der Waals surface area (Å²) < 4.78 is 5.01. The number of aromatic carboxylic acids is 1. The molecule has 3 N–H and O–H groups in total. The van der Waals surface area contributed by atoms with Crippen molar-refractivity contribution >= 4 is 12.0 Å². The number of rotatable bonds is 5. The first-order valence-electron chi connectivity index (χ1n) is 5.72. The molecule has 0 saturated heterocycles. The van der Waals surface area contributed by atoms with Gasteiger partial charge in [-0.2, -0.15) is 0 Å². The molecule has 2 amide bonds. The molecule has 0 spiro atoms. The first-order valence-corrected chi connectivity index (χ1v) is 5.72. The van der Waals surface area contributed by atoms with Crippen molar-refractivity contribution in [2.75, 3.05) is 0 Å². The van der Waals surface area contributed by atoms with Gasteiger partial charge in [-0.15, -0.1) is 0 Å². The molecule has 6 heteroatoms. The highest BCUT2D eigenvalue weighted by Gasteiger charge is 2.17. The number of carbonyl (C=O) groups excluding carboxylic acids is 1. The Kier molecular flexibility index (Phi) is 4.36. The predicted molar refractivity (Wildman–Crippen MR) is 65.4 cm³/mol. The first kappa shape index (κ1) is 14.1. The third kappa shape index (κ3) is 4.12. The van der Waals surface area contributed by atoms with Crippen molar-refractivity contribution in [3.8, 4) is 0 Å². The molecule has 0 aliphatic rings. The van der Waals surface area contributed by atoms with Crippen molar-refractivity contribution in [1.29, 1.82) is 0 Å². The SMILES string of the molecule is CCC(C)(C)NC(=O)NCc1ccc(C(=O)O)o1. The maximum absolute atomic E-state index is 11.6. The molecule has 1 aromatic heterocycles. The van der Waals surface area contributed by atoms with Gasteiger partial charge in [0.1, 0.15) is 5.76 Å². The lowest BCUT2D eigenvalue weighted by molar-refractivity contribution is 0.0660. The van der Waals surface area contributed by atoms with E-state index < -0.39 is 5.97 Å². The van der Waals surface area contributed by atoms with Gasteiger partial charge in [0.25, 0.3) is 0 Å².